The average molecular weight is 283 g/mol. The van der Waals surface area contributed by atoms with Crippen molar-refractivity contribution in [1.29, 1.82) is 0 Å². The van der Waals surface area contributed by atoms with Crippen molar-refractivity contribution in [1.82, 2.24) is 4.90 Å². The molecule has 5 heteroatoms. The lowest BCUT2D eigenvalue weighted by molar-refractivity contribution is -0.0464. The lowest BCUT2D eigenvalue weighted by Gasteiger charge is -2.31. The van der Waals surface area contributed by atoms with Gasteiger partial charge in [-0.25, -0.2) is 4.39 Å². The second-order valence-electron chi connectivity index (χ2n) is 5.06. The third-order valence-electron chi connectivity index (χ3n) is 3.53. The van der Waals surface area contributed by atoms with Gasteiger partial charge in [0.1, 0.15) is 24.3 Å². The minimum absolute atomic E-state index is 0.0169. The number of likely N-dealkylation sites (N-methyl/N-ethyl adjacent to an activating group) is 1. The van der Waals surface area contributed by atoms with Crippen LogP contribution in [0.2, 0.25) is 0 Å². The standard InChI is InChI=1S/C15H22FNO3/c1-3-17-6-7-19-13(9-17)10-20-12-4-5-14(11(2)18)15(16)8-12/h4-5,8,11,13,18H,3,6-7,9-10H2,1-2H3. The monoisotopic (exact) mass is 283 g/mol. The molecule has 1 saturated heterocycles. The van der Waals surface area contributed by atoms with E-state index in [2.05, 4.69) is 11.8 Å². The molecular weight excluding hydrogens is 261 g/mol. The lowest BCUT2D eigenvalue weighted by Crippen LogP contribution is -2.44. The Kier molecular flexibility index (Phi) is 5.34. The molecule has 20 heavy (non-hydrogen) atoms. The van der Waals surface area contributed by atoms with E-state index in [-0.39, 0.29) is 11.7 Å². The third-order valence-corrected chi connectivity index (χ3v) is 3.53. The van der Waals surface area contributed by atoms with Gasteiger partial charge in [0.05, 0.1) is 12.7 Å². The molecule has 1 aromatic carbocycles. The van der Waals surface area contributed by atoms with E-state index in [0.717, 1.165) is 19.6 Å². The summed E-state index contributed by atoms with van der Waals surface area (Å²) in [6.07, 6.45) is -0.799. The molecule has 0 amide bonds. The Morgan fingerprint density at radius 3 is 3.00 bits per heavy atom. The van der Waals surface area contributed by atoms with E-state index in [1.54, 1.807) is 12.1 Å². The van der Waals surface area contributed by atoms with E-state index in [4.69, 9.17) is 9.47 Å². The Balaban J connectivity index is 1.89. The van der Waals surface area contributed by atoms with Crippen LogP contribution >= 0.6 is 0 Å². The summed E-state index contributed by atoms with van der Waals surface area (Å²) in [4.78, 5) is 2.30. The molecule has 0 saturated carbocycles. The Labute approximate surface area is 119 Å². The fourth-order valence-electron chi connectivity index (χ4n) is 2.29. The molecule has 0 radical (unpaired) electrons. The fourth-order valence-corrected chi connectivity index (χ4v) is 2.29. The third kappa shape index (κ3) is 3.91. The number of halogens is 1. The predicted molar refractivity (Wildman–Crippen MR) is 74.4 cm³/mol. The highest BCUT2D eigenvalue weighted by atomic mass is 19.1. The summed E-state index contributed by atoms with van der Waals surface area (Å²) in [7, 11) is 0. The molecule has 4 nitrogen and oxygen atoms in total. The predicted octanol–water partition coefficient (Wildman–Crippen LogP) is 1.98. The van der Waals surface area contributed by atoms with Crippen molar-refractivity contribution >= 4 is 0 Å². The zero-order valence-corrected chi connectivity index (χ0v) is 12.0. The van der Waals surface area contributed by atoms with Crippen LogP contribution in [0.1, 0.15) is 25.5 Å². The Morgan fingerprint density at radius 2 is 2.35 bits per heavy atom. The van der Waals surface area contributed by atoms with E-state index in [1.165, 1.54) is 13.0 Å². The number of aliphatic hydroxyl groups is 1. The molecule has 0 aromatic heterocycles. The van der Waals surface area contributed by atoms with E-state index in [9.17, 15) is 9.50 Å². The number of ether oxygens (including phenoxy) is 2. The zero-order chi connectivity index (χ0) is 14.5. The summed E-state index contributed by atoms with van der Waals surface area (Å²) < 4.78 is 24.9. The minimum atomic E-state index is -0.816. The van der Waals surface area contributed by atoms with Crippen LogP contribution in [0, 0.1) is 5.82 Å². The van der Waals surface area contributed by atoms with Gasteiger partial charge < -0.3 is 14.6 Å². The van der Waals surface area contributed by atoms with Crippen LogP contribution in [0.5, 0.6) is 5.75 Å². The van der Waals surface area contributed by atoms with Gasteiger partial charge in [0.25, 0.3) is 0 Å². The van der Waals surface area contributed by atoms with Gasteiger partial charge in [0, 0.05) is 24.7 Å². The zero-order valence-electron chi connectivity index (χ0n) is 12.0. The largest absolute Gasteiger partial charge is 0.491 e. The number of hydrogen-bond donors (Lipinski definition) is 1. The van der Waals surface area contributed by atoms with Crippen molar-refractivity contribution in [2.45, 2.75) is 26.1 Å². The van der Waals surface area contributed by atoms with Crippen molar-refractivity contribution in [2.75, 3.05) is 32.8 Å². The van der Waals surface area contributed by atoms with Gasteiger partial charge in [-0.15, -0.1) is 0 Å². The Hall–Kier alpha value is -1.17. The summed E-state index contributed by atoms with van der Waals surface area (Å²) in [5.41, 5.74) is 0.281. The van der Waals surface area contributed by atoms with Crippen molar-refractivity contribution in [3.05, 3.63) is 29.6 Å². The summed E-state index contributed by atoms with van der Waals surface area (Å²) in [6, 6.07) is 4.53. The van der Waals surface area contributed by atoms with Crippen molar-refractivity contribution in [3.8, 4) is 5.75 Å². The topological polar surface area (TPSA) is 41.9 Å². The van der Waals surface area contributed by atoms with E-state index in [1.807, 2.05) is 0 Å². The quantitative estimate of drug-likeness (QED) is 0.897. The lowest BCUT2D eigenvalue weighted by atomic mass is 10.1. The molecule has 2 rings (SSSR count). The number of benzene rings is 1. The SMILES string of the molecule is CCN1CCOC(COc2ccc(C(C)O)c(F)c2)C1. The van der Waals surface area contributed by atoms with E-state index in [0.29, 0.717) is 19.0 Å². The molecule has 112 valence electrons. The summed E-state index contributed by atoms with van der Waals surface area (Å²) >= 11 is 0. The van der Waals surface area contributed by atoms with Crippen LogP contribution in [0.25, 0.3) is 0 Å². The maximum absolute atomic E-state index is 13.7. The van der Waals surface area contributed by atoms with Crippen LogP contribution in [0.4, 0.5) is 4.39 Å². The van der Waals surface area contributed by atoms with Crippen LogP contribution in [-0.2, 0) is 4.74 Å². The van der Waals surface area contributed by atoms with E-state index >= 15 is 0 Å². The molecule has 1 fully saturated rings. The molecule has 1 aliphatic rings. The molecule has 2 unspecified atom stereocenters. The molecule has 1 heterocycles. The Morgan fingerprint density at radius 1 is 1.55 bits per heavy atom. The molecule has 0 bridgehead atoms. The second kappa shape index (κ2) is 7.02. The normalized spacial score (nSPS) is 21.7. The first-order valence-corrected chi connectivity index (χ1v) is 7.04. The number of morpholine rings is 1. The van der Waals surface area contributed by atoms with Crippen LogP contribution in [0.15, 0.2) is 18.2 Å². The van der Waals surface area contributed by atoms with Crippen molar-refractivity contribution < 1.29 is 19.0 Å². The van der Waals surface area contributed by atoms with Crippen molar-refractivity contribution in [2.24, 2.45) is 0 Å². The van der Waals surface area contributed by atoms with Gasteiger partial charge in [-0.2, -0.15) is 0 Å². The first kappa shape index (κ1) is 15.2. The Bertz CT molecular complexity index is 439. The summed E-state index contributed by atoms with van der Waals surface area (Å²) in [5.74, 6) is 0.0152. The van der Waals surface area contributed by atoms with E-state index < -0.39 is 11.9 Å². The number of nitrogens with zero attached hydrogens (tertiary/aromatic N) is 1. The molecule has 1 N–H and O–H groups in total. The van der Waals surface area contributed by atoms with Crippen LogP contribution in [-0.4, -0.2) is 49.0 Å². The van der Waals surface area contributed by atoms with Gasteiger partial charge in [-0.1, -0.05) is 6.92 Å². The smallest absolute Gasteiger partial charge is 0.132 e. The highest BCUT2D eigenvalue weighted by molar-refractivity contribution is 5.30. The molecule has 1 aliphatic heterocycles. The number of aliphatic hydroxyl groups excluding tert-OH is 1. The fraction of sp³-hybridized carbons (Fsp3) is 0.600. The minimum Gasteiger partial charge on any atom is -0.491 e. The van der Waals surface area contributed by atoms with Gasteiger partial charge in [0.2, 0.25) is 0 Å². The summed E-state index contributed by atoms with van der Waals surface area (Å²) in [5, 5.41) is 9.38. The highest BCUT2D eigenvalue weighted by Gasteiger charge is 2.20. The first-order chi connectivity index (χ1) is 9.60. The van der Waals surface area contributed by atoms with Gasteiger partial charge in [0.15, 0.2) is 0 Å². The molecule has 0 spiro atoms. The van der Waals surface area contributed by atoms with Gasteiger partial charge >= 0.3 is 0 Å². The first-order valence-electron chi connectivity index (χ1n) is 7.04. The molecule has 0 aliphatic carbocycles. The molecule has 1 aromatic rings. The highest BCUT2D eigenvalue weighted by Crippen LogP contribution is 2.22. The number of hydrogen-bond acceptors (Lipinski definition) is 4. The van der Waals surface area contributed by atoms with Crippen molar-refractivity contribution in [3.63, 3.8) is 0 Å². The number of rotatable bonds is 5. The molecule has 2 atom stereocenters. The van der Waals surface area contributed by atoms with Crippen LogP contribution < -0.4 is 4.74 Å². The maximum atomic E-state index is 13.7. The molecular formula is C15H22FNO3. The van der Waals surface area contributed by atoms with Gasteiger partial charge in [-0.05, 0) is 25.6 Å². The second-order valence-corrected chi connectivity index (χ2v) is 5.06. The van der Waals surface area contributed by atoms with Gasteiger partial charge in [-0.3, -0.25) is 4.90 Å². The maximum Gasteiger partial charge on any atom is 0.132 e. The van der Waals surface area contributed by atoms with Crippen LogP contribution in [0.3, 0.4) is 0 Å². The average Bonchev–Trinajstić information content (AvgIpc) is 2.45. The summed E-state index contributed by atoms with van der Waals surface area (Å²) in [6.45, 7) is 7.55.